The van der Waals surface area contributed by atoms with E-state index in [1.807, 2.05) is 20.0 Å². The van der Waals surface area contributed by atoms with Crippen molar-refractivity contribution in [1.82, 2.24) is 4.90 Å². The summed E-state index contributed by atoms with van der Waals surface area (Å²) in [5.74, 6) is -0.494. The van der Waals surface area contributed by atoms with E-state index in [1.54, 1.807) is 0 Å². The van der Waals surface area contributed by atoms with Crippen molar-refractivity contribution in [3.63, 3.8) is 0 Å². The number of aliphatic hydroxyl groups is 2. The number of fused-ring (bicyclic) bond motifs is 5. The number of piperidine rings is 1. The quantitative estimate of drug-likeness (QED) is 0.588. The number of esters is 1. The highest BCUT2D eigenvalue weighted by Crippen LogP contribution is 2.67. The van der Waals surface area contributed by atoms with Crippen LogP contribution in [-0.2, 0) is 19.1 Å². The van der Waals surface area contributed by atoms with E-state index in [1.165, 1.54) is 5.57 Å². The molecular weight excluding hydrogens is 446 g/mol. The van der Waals surface area contributed by atoms with Gasteiger partial charge >= 0.3 is 5.97 Å². The lowest BCUT2D eigenvalue weighted by Gasteiger charge is -2.60. The second-order valence-corrected chi connectivity index (χ2v) is 12.6. The zero-order valence-corrected chi connectivity index (χ0v) is 21.4. The number of carbonyl (C=O) groups is 3. The first-order valence-corrected chi connectivity index (χ1v) is 13.5. The maximum absolute atomic E-state index is 13.4. The van der Waals surface area contributed by atoms with Crippen molar-refractivity contribution in [2.45, 2.75) is 83.3 Å². The number of nitrogens with zero attached hydrogens (tertiary/aromatic N) is 1. The van der Waals surface area contributed by atoms with Gasteiger partial charge in [-0.15, -0.1) is 0 Å². The molecule has 2 N–H and O–H groups in total. The predicted molar refractivity (Wildman–Crippen MR) is 129 cm³/mol. The number of Topliss-reactive ketones (excluding diaryl/α,β-unsaturated/α-hetero) is 1. The Kier molecular flexibility index (Phi) is 6.29. The van der Waals surface area contributed by atoms with E-state index in [2.05, 4.69) is 11.8 Å². The van der Waals surface area contributed by atoms with Crippen molar-refractivity contribution in [2.75, 3.05) is 26.7 Å². The monoisotopic (exact) mass is 487 g/mol. The lowest BCUT2D eigenvalue weighted by molar-refractivity contribution is -0.185. The molecule has 1 aliphatic heterocycles. The van der Waals surface area contributed by atoms with Crippen LogP contribution in [0.5, 0.6) is 0 Å². The fourth-order valence-corrected chi connectivity index (χ4v) is 8.88. The zero-order valence-electron chi connectivity index (χ0n) is 21.4. The molecule has 0 aromatic carbocycles. The lowest BCUT2D eigenvalue weighted by atomic mass is 9.45. The summed E-state index contributed by atoms with van der Waals surface area (Å²) in [6.07, 6.45) is 7.24. The van der Waals surface area contributed by atoms with Gasteiger partial charge in [0.2, 0.25) is 5.78 Å². The highest BCUT2D eigenvalue weighted by atomic mass is 16.5. The van der Waals surface area contributed by atoms with Gasteiger partial charge in [0.25, 0.3) is 0 Å². The van der Waals surface area contributed by atoms with Crippen molar-refractivity contribution in [3.05, 3.63) is 11.6 Å². The van der Waals surface area contributed by atoms with Crippen LogP contribution >= 0.6 is 0 Å². The molecule has 0 aromatic rings. The van der Waals surface area contributed by atoms with Crippen molar-refractivity contribution in [1.29, 1.82) is 0 Å². The van der Waals surface area contributed by atoms with Crippen LogP contribution in [0, 0.1) is 34.5 Å². The number of hydrogen-bond donors (Lipinski definition) is 2. The summed E-state index contributed by atoms with van der Waals surface area (Å²) >= 11 is 0. The van der Waals surface area contributed by atoms with E-state index in [4.69, 9.17) is 4.74 Å². The Morgan fingerprint density at radius 1 is 1.17 bits per heavy atom. The number of allylic oxidation sites excluding steroid dienone is 1. The topological polar surface area (TPSA) is 104 Å². The van der Waals surface area contributed by atoms with Crippen LogP contribution in [0.3, 0.4) is 0 Å². The Morgan fingerprint density at radius 2 is 1.94 bits per heavy atom. The number of aliphatic hydroxyl groups excluding tert-OH is 1. The standard InChI is InChI=1S/C28H41NO6/c1-26-10-8-19(30)13-18(26)6-7-20-21-9-11-28(34,27(21,2)14-22(31)24(20)26)23(32)16-35-25(33)17-5-4-12-29(3)15-17/h13,17,20-22,24,31,34H,4-12,14-16H2,1-3H3/t17?,20-,21-,22?,24+,26-,27-,28-/m0/s1. The van der Waals surface area contributed by atoms with E-state index in [0.29, 0.717) is 25.8 Å². The molecule has 0 aromatic heterocycles. The zero-order chi connectivity index (χ0) is 25.2. The van der Waals surface area contributed by atoms with E-state index < -0.39 is 29.5 Å². The summed E-state index contributed by atoms with van der Waals surface area (Å²) in [4.78, 5) is 40.2. The summed E-state index contributed by atoms with van der Waals surface area (Å²) in [6.45, 7) is 5.33. The van der Waals surface area contributed by atoms with Gasteiger partial charge in [-0.3, -0.25) is 14.4 Å². The third-order valence-electron chi connectivity index (χ3n) is 10.8. The Bertz CT molecular complexity index is 946. The van der Waals surface area contributed by atoms with E-state index >= 15 is 0 Å². The van der Waals surface area contributed by atoms with Gasteiger partial charge in [-0.1, -0.05) is 19.4 Å². The molecular formula is C28H41NO6. The molecule has 7 nitrogen and oxygen atoms in total. The number of rotatable bonds is 4. The Labute approximate surface area is 208 Å². The van der Waals surface area contributed by atoms with Crippen LogP contribution in [0.4, 0.5) is 0 Å². The molecule has 0 spiro atoms. The largest absolute Gasteiger partial charge is 0.457 e. The van der Waals surface area contributed by atoms with Crippen LogP contribution in [0.15, 0.2) is 11.6 Å². The van der Waals surface area contributed by atoms with Crippen molar-refractivity contribution >= 4 is 17.5 Å². The van der Waals surface area contributed by atoms with Crippen molar-refractivity contribution < 1.29 is 29.3 Å². The fraction of sp³-hybridized carbons (Fsp3) is 0.821. The number of ether oxygens (including phenoxy) is 1. The first-order chi connectivity index (χ1) is 16.5. The van der Waals surface area contributed by atoms with E-state index in [-0.39, 0.29) is 40.8 Å². The van der Waals surface area contributed by atoms with E-state index in [9.17, 15) is 24.6 Å². The van der Waals surface area contributed by atoms with Gasteiger partial charge in [0.15, 0.2) is 12.4 Å². The minimum atomic E-state index is -1.60. The van der Waals surface area contributed by atoms with E-state index in [0.717, 1.165) is 45.1 Å². The molecule has 4 aliphatic carbocycles. The lowest BCUT2D eigenvalue weighted by Crippen LogP contribution is -2.62. The van der Waals surface area contributed by atoms with Crippen LogP contribution in [0.25, 0.3) is 0 Å². The molecule has 35 heavy (non-hydrogen) atoms. The summed E-state index contributed by atoms with van der Waals surface area (Å²) in [7, 11) is 1.98. The van der Waals surface area contributed by atoms with Crippen LogP contribution in [-0.4, -0.2) is 71.1 Å². The average molecular weight is 488 g/mol. The molecule has 5 aliphatic rings. The number of likely N-dealkylation sites (tertiary alicyclic amines) is 1. The van der Waals surface area contributed by atoms with Gasteiger partial charge < -0.3 is 19.8 Å². The molecule has 7 heteroatoms. The average Bonchev–Trinajstić information content (AvgIpc) is 3.08. The minimum absolute atomic E-state index is 0.0345. The number of hydrogen-bond acceptors (Lipinski definition) is 7. The second kappa shape index (κ2) is 8.77. The Balaban J connectivity index is 1.32. The molecule has 0 radical (unpaired) electrons. The number of carbonyl (C=O) groups excluding carboxylic acids is 3. The molecule has 2 unspecified atom stereocenters. The maximum Gasteiger partial charge on any atom is 0.310 e. The van der Waals surface area contributed by atoms with Crippen LogP contribution in [0.1, 0.15) is 71.6 Å². The summed E-state index contributed by atoms with van der Waals surface area (Å²) < 4.78 is 5.45. The van der Waals surface area contributed by atoms with Crippen molar-refractivity contribution in [2.24, 2.45) is 34.5 Å². The highest BCUT2D eigenvalue weighted by molar-refractivity contribution is 5.92. The first kappa shape index (κ1) is 25.1. The molecule has 194 valence electrons. The predicted octanol–water partition coefficient (Wildman–Crippen LogP) is 2.67. The number of ketones is 2. The summed E-state index contributed by atoms with van der Waals surface area (Å²) in [5.41, 5.74) is -1.40. The second-order valence-electron chi connectivity index (χ2n) is 12.6. The van der Waals surface area contributed by atoms with Crippen LogP contribution < -0.4 is 0 Å². The molecule has 1 heterocycles. The fourth-order valence-electron chi connectivity index (χ4n) is 8.88. The molecule has 0 bridgehead atoms. The highest BCUT2D eigenvalue weighted by Gasteiger charge is 2.68. The van der Waals surface area contributed by atoms with Crippen LogP contribution in [0.2, 0.25) is 0 Å². The molecule has 8 atom stereocenters. The third kappa shape index (κ3) is 3.84. The summed E-state index contributed by atoms with van der Waals surface area (Å²) in [6, 6.07) is 0. The van der Waals surface area contributed by atoms with Gasteiger partial charge in [0.05, 0.1) is 12.0 Å². The molecule has 3 saturated carbocycles. The molecule has 5 rings (SSSR count). The van der Waals surface area contributed by atoms with Gasteiger partial charge in [0.1, 0.15) is 5.60 Å². The third-order valence-corrected chi connectivity index (χ3v) is 10.8. The molecule has 0 amide bonds. The van der Waals surface area contributed by atoms with Gasteiger partial charge in [-0.05, 0) is 94.2 Å². The molecule has 4 fully saturated rings. The van der Waals surface area contributed by atoms with Gasteiger partial charge in [-0.25, -0.2) is 0 Å². The smallest absolute Gasteiger partial charge is 0.310 e. The van der Waals surface area contributed by atoms with Crippen molar-refractivity contribution in [3.8, 4) is 0 Å². The maximum atomic E-state index is 13.4. The van der Waals surface area contributed by atoms with Gasteiger partial charge in [-0.2, -0.15) is 0 Å². The normalized spacial score (nSPS) is 45.7. The minimum Gasteiger partial charge on any atom is -0.457 e. The molecule has 1 saturated heterocycles. The summed E-state index contributed by atoms with van der Waals surface area (Å²) in [5, 5.41) is 23.3. The SMILES string of the molecule is CN1CCCC(C(=O)OCC(=O)[C@@]2(O)CC[C@H]3[C@@H]4CCC5=CC(=O)CC[C@]5(C)[C@H]4C(O)C[C@@]32C)C1. The first-order valence-electron chi connectivity index (χ1n) is 13.5. The Hall–Kier alpha value is -1.57. The van der Waals surface area contributed by atoms with Gasteiger partial charge in [0, 0.05) is 18.4 Å². The Morgan fingerprint density at radius 3 is 2.69 bits per heavy atom.